The average molecular weight is 249 g/mol. The Morgan fingerprint density at radius 2 is 2.22 bits per heavy atom. The number of aryl methyl sites for hydroxylation is 1. The molecule has 2 unspecified atom stereocenters. The first-order valence-electron chi connectivity index (χ1n) is 6.36. The Balaban J connectivity index is 1.90. The summed E-state index contributed by atoms with van der Waals surface area (Å²) in [5.41, 5.74) is 1.24. The molecule has 1 aromatic carbocycles. The fraction of sp³-hybridized carbons (Fsp3) is 0.500. The normalized spacial score (nSPS) is 20.8. The van der Waals surface area contributed by atoms with Gasteiger partial charge in [-0.05, 0) is 18.4 Å². The van der Waals surface area contributed by atoms with Crippen molar-refractivity contribution in [1.29, 1.82) is 0 Å². The van der Waals surface area contributed by atoms with E-state index in [4.69, 9.17) is 9.84 Å². The van der Waals surface area contributed by atoms with Crippen LogP contribution in [0.3, 0.4) is 0 Å². The lowest BCUT2D eigenvalue weighted by atomic mass is 9.95. The van der Waals surface area contributed by atoms with Crippen LogP contribution in [0.1, 0.15) is 18.4 Å². The van der Waals surface area contributed by atoms with Gasteiger partial charge in [0, 0.05) is 12.5 Å². The third-order valence-corrected chi connectivity index (χ3v) is 3.26. The monoisotopic (exact) mass is 249 g/mol. The third kappa shape index (κ3) is 3.82. The van der Waals surface area contributed by atoms with Gasteiger partial charge in [-0.25, -0.2) is 0 Å². The van der Waals surface area contributed by atoms with Crippen molar-refractivity contribution < 1.29 is 14.6 Å². The maximum absolute atomic E-state index is 10.9. The maximum atomic E-state index is 10.9. The highest BCUT2D eigenvalue weighted by Gasteiger charge is 2.27. The summed E-state index contributed by atoms with van der Waals surface area (Å²) in [4.78, 5) is 10.9. The second kappa shape index (κ2) is 6.52. The van der Waals surface area contributed by atoms with E-state index in [1.165, 1.54) is 5.56 Å². The van der Waals surface area contributed by atoms with E-state index < -0.39 is 5.97 Å². The van der Waals surface area contributed by atoms with Gasteiger partial charge in [-0.3, -0.25) is 10.1 Å². The van der Waals surface area contributed by atoms with Crippen molar-refractivity contribution in [2.75, 3.05) is 13.2 Å². The molecular weight excluding hydrogens is 230 g/mol. The lowest BCUT2D eigenvalue weighted by Crippen LogP contribution is -2.33. The average Bonchev–Trinajstić information content (AvgIpc) is 2.89. The Labute approximate surface area is 107 Å². The molecule has 0 amide bonds. The minimum absolute atomic E-state index is 0.0326. The summed E-state index contributed by atoms with van der Waals surface area (Å²) >= 11 is 0. The molecule has 98 valence electrons. The van der Waals surface area contributed by atoms with Crippen LogP contribution in [0.25, 0.3) is 0 Å². The van der Waals surface area contributed by atoms with Crippen LogP contribution < -0.4 is 5.32 Å². The molecule has 1 saturated heterocycles. The summed E-state index contributed by atoms with van der Waals surface area (Å²) in [6, 6.07) is 10.1. The van der Waals surface area contributed by atoms with E-state index in [0.717, 1.165) is 19.4 Å². The molecule has 0 bridgehead atoms. The van der Waals surface area contributed by atoms with Gasteiger partial charge in [-0.2, -0.15) is 0 Å². The van der Waals surface area contributed by atoms with Crippen molar-refractivity contribution in [1.82, 2.24) is 5.32 Å². The van der Waals surface area contributed by atoms with Crippen LogP contribution in [0.5, 0.6) is 0 Å². The Hall–Kier alpha value is -1.39. The zero-order valence-corrected chi connectivity index (χ0v) is 10.3. The van der Waals surface area contributed by atoms with Crippen LogP contribution in [0.15, 0.2) is 30.3 Å². The Morgan fingerprint density at radius 1 is 1.44 bits per heavy atom. The lowest BCUT2D eigenvalue weighted by molar-refractivity contribution is -0.139. The summed E-state index contributed by atoms with van der Waals surface area (Å²) in [6.07, 6.45) is 1.77. The molecule has 2 atom stereocenters. The predicted molar refractivity (Wildman–Crippen MR) is 68.2 cm³/mol. The van der Waals surface area contributed by atoms with E-state index in [1.807, 2.05) is 18.2 Å². The highest BCUT2D eigenvalue weighted by molar-refractivity contribution is 5.67. The van der Waals surface area contributed by atoms with Crippen molar-refractivity contribution in [2.45, 2.75) is 25.5 Å². The molecule has 0 spiro atoms. The summed E-state index contributed by atoms with van der Waals surface area (Å²) < 4.78 is 5.53. The summed E-state index contributed by atoms with van der Waals surface area (Å²) in [6.45, 7) is 1.48. The third-order valence-electron chi connectivity index (χ3n) is 3.26. The number of ether oxygens (including phenoxy) is 1. The summed E-state index contributed by atoms with van der Waals surface area (Å²) in [7, 11) is 0. The van der Waals surface area contributed by atoms with Crippen LogP contribution in [0.4, 0.5) is 0 Å². The molecular formula is C14H19NO3. The van der Waals surface area contributed by atoms with Crippen LogP contribution in [0.2, 0.25) is 0 Å². The first-order valence-corrected chi connectivity index (χ1v) is 6.36. The van der Waals surface area contributed by atoms with E-state index in [1.54, 1.807) is 0 Å². The number of benzene rings is 1. The van der Waals surface area contributed by atoms with E-state index in [9.17, 15) is 4.79 Å². The van der Waals surface area contributed by atoms with Gasteiger partial charge in [-0.1, -0.05) is 30.3 Å². The summed E-state index contributed by atoms with van der Waals surface area (Å²) in [5.74, 6) is -0.726. The zero-order valence-electron chi connectivity index (χ0n) is 10.3. The first-order chi connectivity index (χ1) is 8.75. The van der Waals surface area contributed by atoms with Gasteiger partial charge in [0.25, 0.3) is 0 Å². The Kier molecular flexibility index (Phi) is 4.73. The van der Waals surface area contributed by atoms with Crippen LogP contribution >= 0.6 is 0 Å². The molecule has 4 nitrogen and oxygen atoms in total. The molecule has 18 heavy (non-hydrogen) atoms. The molecule has 1 heterocycles. The number of nitrogens with one attached hydrogen (secondary N) is 1. The van der Waals surface area contributed by atoms with E-state index >= 15 is 0 Å². The molecule has 4 heteroatoms. The fourth-order valence-electron chi connectivity index (χ4n) is 2.33. The molecule has 1 aliphatic heterocycles. The van der Waals surface area contributed by atoms with Crippen LogP contribution in [0, 0.1) is 5.92 Å². The van der Waals surface area contributed by atoms with Gasteiger partial charge in [-0.15, -0.1) is 0 Å². The van der Waals surface area contributed by atoms with Gasteiger partial charge in [0.2, 0.25) is 0 Å². The Morgan fingerprint density at radius 3 is 2.83 bits per heavy atom. The van der Waals surface area contributed by atoms with E-state index in [2.05, 4.69) is 17.4 Å². The smallest absolute Gasteiger partial charge is 0.303 e. The molecule has 1 aromatic rings. The summed E-state index contributed by atoms with van der Waals surface area (Å²) in [5, 5.41) is 12.2. The van der Waals surface area contributed by atoms with Gasteiger partial charge in [0.05, 0.1) is 13.0 Å². The highest BCUT2D eigenvalue weighted by Crippen LogP contribution is 2.20. The molecule has 1 aliphatic rings. The van der Waals surface area contributed by atoms with Crippen molar-refractivity contribution in [2.24, 2.45) is 5.92 Å². The van der Waals surface area contributed by atoms with Gasteiger partial charge >= 0.3 is 5.97 Å². The number of hydrogen-bond donors (Lipinski definition) is 2. The maximum Gasteiger partial charge on any atom is 0.303 e. The van der Waals surface area contributed by atoms with Gasteiger partial charge < -0.3 is 9.84 Å². The molecule has 2 N–H and O–H groups in total. The number of aliphatic carboxylic acids is 1. The first kappa shape index (κ1) is 13.1. The second-order valence-electron chi connectivity index (χ2n) is 4.63. The topological polar surface area (TPSA) is 58.6 Å². The molecule has 0 aromatic heterocycles. The van der Waals surface area contributed by atoms with Gasteiger partial charge in [0.15, 0.2) is 0 Å². The number of carboxylic acid groups (broad SMARTS) is 1. The SMILES string of the molecule is O=C(O)CC(CCc1ccccc1)C1NCCO1. The molecule has 0 saturated carbocycles. The second-order valence-corrected chi connectivity index (χ2v) is 4.63. The minimum Gasteiger partial charge on any atom is -0.481 e. The predicted octanol–water partition coefficient (Wildman–Crippen LogP) is 1.66. The lowest BCUT2D eigenvalue weighted by Gasteiger charge is -2.21. The largest absolute Gasteiger partial charge is 0.481 e. The number of carbonyl (C=O) groups is 1. The van der Waals surface area contributed by atoms with Crippen molar-refractivity contribution >= 4 is 5.97 Å². The fourth-order valence-corrected chi connectivity index (χ4v) is 2.33. The van der Waals surface area contributed by atoms with Crippen molar-refractivity contribution in [3.8, 4) is 0 Å². The Bertz CT molecular complexity index is 374. The van der Waals surface area contributed by atoms with E-state index in [-0.39, 0.29) is 18.6 Å². The van der Waals surface area contributed by atoms with E-state index in [0.29, 0.717) is 6.61 Å². The quantitative estimate of drug-likeness (QED) is 0.805. The molecule has 2 rings (SSSR count). The highest BCUT2D eigenvalue weighted by atomic mass is 16.5. The number of carboxylic acids is 1. The van der Waals surface area contributed by atoms with Crippen LogP contribution in [-0.4, -0.2) is 30.5 Å². The molecule has 1 fully saturated rings. The van der Waals surface area contributed by atoms with Gasteiger partial charge in [0.1, 0.15) is 6.23 Å². The number of hydrogen-bond acceptors (Lipinski definition) is 3. The van der Waals surface area contributed by atoms with Crippen molar-refractivity contribution in [3.05, 3.63) is 35.9 Å². The zero-order chi connectivity index (χ0) is 12.8. The molecule has 0 radical (unpaired) electrons. The van der Waals surface area contributed by atoms with Crippen LogP contribution in [-0.2, 0) is 16.0 Å². The minimum atomic E-state index is -0.759. The number of rotatable bonds is 6. The molecule has 0 aliphatic carbocycles. The standard InChI is InChI=1S/C14H19NO3/c16-13(17)10-12(14-15-8-9-18-14)7-6-11-4-2-1-3-5-11/h1-5,12,14-15H,6-10H2,(H,16,17). The van der Waals surface area contributed by atoms with Crippen molar-refractivity contribution in [3.63, 3.8) is 0 Å².